The average Bonchev–Trinajstić information content (AvgIpc) is 3.79. The summed E-state index contributed by atoms with van der Waals surface area (Å²) in [5.41, 5.74) is 3.49. The van der Waals surface area contributed by atoms with E-state index in [-0.39, 0.29) is 40.0 Å². The van der Waals surface area contributed by atoms with Crippen molar-refractivity contribution < 1.29 is 23.1 Å². The van der Waals surface area contributed by atoms with Gasteiger partial charge in [-0.2, -0.15) is 0 Å². The molecule has 1 amide bonds. The number of carbonyl (C=O) groups excluding carboxylic acids is 1. The fourth-order valence-electron chi connectivity index (χ4n) is 11.5. The molecule has 0 aromatic heterocycles. The van der Waals surface area contributed by atoms with Crippen molar-refractivity contribution in [3.05, 3.63) is 157 Å². The molecule has 1 saturated carbocycles. The molecular formula is C63H79NO5Si3. The van der Waals surface area contributed by atoms with Crippen molar-refractivity contribution in [2.45, 2.75) is 141 Å². The van der Waals surface area contributed by atoms with Gasteiger partial charge in [-0.25, -0.2) is 0 Å². The molecule has 2 fully saturated rings. The number of carbonyl (C=O) groups is 1. The lowest BCUT2D eigenvalue weighted by Crippen LogP contribution is -2.68. The number of likely N-dealkylation sites (tertiary alicyclic amines) is 1. The molecule has 1 aliphatic carbocycles. The van der Waals surface area contributed by atoms with Crippen molar-refractivity contribution in [1.29, 1.82) is 0 Å². The summed E-state index contributed by atoms with van der Waals surface area (Å²) in [6.45, 7) is 23.4. The van der Waals surface area contributed by atoms with Crippen molar-refractivity contribution in [1.82, 2.24) is 4.90 Å². The molecule has 0 N–H and O–H groups in total. The third kappa shape index (κ3) is 11.4. The van der Waals surface area contributed by atoms with Crippen molar-refractivity contribution >= 4 is 51.4 Å². The van der Waals surface area contributed by atoms with Crippen LogP contribution in [0.4, 0.5) is 0 Å². The lowest BCUT2D eigenvalue weighted by Gasteiger charge is -2.46. The molecule has 2 aliphatic rings. The number of amides is 1. The Labute approximate surface area is 436 Å². The van der Waals surface area contributed by atoms with Gasteiger partial charge in [0, 0.05) is 36.3 Å². The lowest BCUT2D eigenvalue weighted by atomic mass is 9.83. The Hall–Kier alpha value is -5.40. The highest BCUT2D eigenvalue weighted by atomic mass is 28.4. The van der Waals surface area contributed by atoms with Gasteiger partial charge in [-0.1, -0.05) is 227 Å². The van der Waals surface area contributed by atoms with Crippen molar-refractivity contribution in [3.63, 3.8) is 0 Å². The van der Waals surface area contributed by atoms with Crippen LogP contribution >= 0.6 is 0 Å². The number of ether oxygens (including phenoxy) is 2. The minimum Gasteiger partial charge on any atom is -0.497 e. The number of unbranched alkanes of at least 4 members (excludes halogenated alkanes) is 2. The highest BCUT2D eigenvalue weighted by molar-refractivity contribution is 7.00. The highest BCUT2D eigenvalue weighted by Gasteiger charge is 2.64. The van der Waals surface area contributed by atoms with Crippen molar-refractivity contribution in [2.75, 3.05) is 14.2 Å². The predicted molar refractivity (Wildman–Crippen MR) is 306 cm³/mol. The van der Waals surface area contributed by atoms with Crippen LogP contribution < -0.4 is 30.2 Å². The number of benzene rings is 5. The first-order chi connectivity index (χ1) is 34.3. The third-order valence-corrected chi connectivity index (χ3v) is 25.9. The van der Waals surface area contributed by atoms with E-state index in [1.54, 1.807) is 14.2 Å². The third-order valence-electron chi connectivity index (χ3n) is 14.9. The van der Waals surface area contributed by atoms with Crippen LogP contribution in [0.15, 0.2) is 152 Å². The SMILES string of the molecule is CCCCC[C@@H](C=CC1C(O[Si](c2ccccc2)(c2ccccc2)C(C)(C)C)CC2(C#CC#C[Si](C)(C)C)C1CC(=O)N2Cc1ccc(OC)cc1OC)O[Si](c1ccccc1)(c1ccccc1)C(C)(C)C. The van der Waals surface area contributed by atoms with E-state index in [2.05, 4.69) is 225 Å². The van der Waals surface area contributed by atoms with E-state index in [9.17, 15) is 0 Å². The molecule has 6 nitrogen and oxygen atoms in total. The number of fused-ring (bicyclic) bond motifs is 1. The first kappa shape index (κ1) is 54.4. The van der Waals surface area contributed by atoms with Gasteiger partial charge in [0.2, 0.25) is 5.91 Å². The maximum absolute atomic E-state index is 15.1. The molecule has 9 heteroatoms. The molecule has 4 unspecified atom stereocenters. The average molecular weight is 1010 g/mol. The summed E-state index contributed by atoms with van der Waals surface area (Å²) in [5, 5.41) is 4.44. The Bertz CT molecular complexity index is 2660. The fourth-order valence-corrected chi connectivity index (χ4v) is 21.3. The minimum atomic E-state index is -3.14. The van der Waals surface area contributed by atoms with Crippen molar-refractivity contribution in [2.24, 2.45) is 11.8 Å². The van der Waals surface area contributed by atoms with E-state index in [1.807, 2.05) is 23.1 Å². The Morgan fingerprint density at radius 1 is 0.708 bits per heavy atom. The first-order valence-corrected chi connectivity index (χ1v) is 33.5. The van der Waals surface area contributed by atoms with Gasteiger partial charge in [-0.3, -0.25) is 4.79 Å². The van der Waals surface area contributed by atoms with Gasteiger partial charge in [-0.05, 0) is 61.2 Å². The second-order valence-corrected chi connectivity index (χ2v) is 36.2. The van der Waals surface area contributed by atoms with E-state index in [0.717, 1.165) is 31.2 Å². The van der Waals surface area contributed by atoms with Gasteiger partial charge in [0.05, 0.1) is 33.0 Å². The molecule has 1 saturated heterocycles. The Balaban J connectivity index is 1.46. The van der Waals surface area contributed by atoms with Gasteiger partial charge in [0.15, 0.2) is 0 Å². The molecule has 5 atom stereocenters. The molecule has 1 aliphatic heterocycles. The quantitative estimate of drug-likeness (QED) is 0.0379. The first-order valence-electron chi connectivity index (χ1n) is 26.2. The van der Waals surface area contributed by atoms with Crippen LogP contribution in [0.5, 0.6) is 11.5 Å². The van der Waals surface area contributed by atoms with E-state index >= 15 is 4.79 Å². The van der Waals surface area contributed by atoms with Gasteiger partial charge < -0.3 is 23.2 Å². The molecule has 5 aromatic carbocycles. The van der Waals surface area contributed by atoms with Crippen LogP contribution in [-0.4, -0.2) is 67.5 Å². The van der Waals surface area contributed by atoms with Gasteiger partial charge >= 0.3 is 0 Å². The molecule has 5 aromatic rings. The normalized spacial score (nSPS) is 19.8. The zero-order valence-corrected chi connectivity index (χ0v) is 48.2. The molecule has 72 heavy (non-hydrogen) atoms. The van der Waals surface area contributed by atoms with Crippen LogP contribution in [-0.2, 0) is 20.2 Å². The summed E-state index contributed by atoms with van der Waals surface area (Å²) < 4.78 is 27.9. The predicted octanol–water partition coefficient (Wildman–Crippen LogP) is 11.7. The van der Waals surface area contributed by atoms with Crippen molar-refractivity contribution in [3.8, 4) is 34.8 Å². The molecule has 0 radical (unpaired) electrons. The summed E-state index contributed by atoms with van der Waals surface area (Å²) in [4.78, 5) is 17.1. The zero-order chi connectivity index (χ0) is 51.8. The van der Waals surface area contributed by atoms with E-state index in [4.69, 9.17) is 18.3 Å². The second-order valence-electron chi connectivity index (χ2n) is 22.9. The molecule has 378 valence electrons. The topological polar surface area (TPSA) is 57.2 Å². The number of hydrogen-bond acceptors (Lipinski definition) is 5. The van der Waals surface area contributed by atoms with Crippen LogP contribution in [0.3, 0.4) is 0 Å². The van der Waals surface area contributed by atoms with E-state index < -0.39 is 30.2 Å². The fraction of sp³-hybridized carbons (Fsp3) is 0.413. The lowest BCUT2D eigenvalue weighted by molar-refractivity contribution is -0.131. The van der Waals surface area contributed by atoms with Gasteiger partial charge in [-0.15, -0.1) is 5.54 Å². The van der Waals surface area contributed by atoms with Gasteiger partial charge in [0.25, 0.3) is 16.6 Å². The molecule has 1 heterocycles. The van der Waals surface area contributed by atoms with E-state index in [0.29, 0.717) is 30.9 Å². The number of rotatable bonds is 18. The smallest absolute Gasteiger partial charge is 0.261 e. The summed E-state index contributed by atoms with van der Waals surface area (Å²) in [7, 11) is -4.56. The summed E-state index contributed by atoms with van der Waals surface area (Å²) in [6.07, 6.45) is 9.18. The molecule has 0 bridgehead atoms. The largest absolute Gasteiger partial charge is 0.497 e. The maximum atomic E-state index is 15.1. The zero-order valence-electron chi connectivity index (χ0n) is 45.2. The number of hydrogen-bond donors (Lipinski definition) is 0. The van der Waals surface area contributed by atoms with Crippen LogP contribution in [0.1, 0.15) is 92.6 Å². The minimum absolute atomic E-state index is 0.0654. The summed E-state index contributed by atoms with van der Waals surface area (Å²) in [5.74, 6) is 11.5. The monoisotopic (exact) mass is 1010 g/mol. The van der Waals surface area contributed by atoms with Gasteiger partial charge in [0.1, 0.15) is 25.1 Å². The standard InChI is InChI=1S/C63H79NO5Si3/c1-13-14-19-30-50(68-71(61(2,3)4,52-31-20-15-21-32-52)53-33-22-16-23-34-53)41-42-56-57-46-60(65)64(48-49-39-40-51(66-8)45-58(49)67-9)63(57,43-28-29-44-70(10,11)12)47-59(56)69-72(62(5,6)7,54-35-24-17-25-36-54)55-37-26-18-27-38-55/h15-18,20-27,31-42,45,50,56-57,59H,13-14,19,30,46-48H2,1-12H3/t50-,56?,57?,59?,63?/m0/s1. The summed E-state index contributed by atoms with van der Waals surface area (Å²) in [6, 6.07) is 49.6. The van der Waals surface area contributed by atoms with E-state index in [1.165, 1.54) is 20.7 Å². The number of nitrogens with zero attached hydrogens (tertiary/aromatic N) is 1. The van der Waals surface area contributed by atoms with Crippen LogP contribution in [0.2, 0.25) is 29.7 Å². The Morgan fingerprint density at radius 3 is 1.71 bits per heavy atom. The Morgan fingerprint density at radius 2 is 1.24 bits per heavy atom. The van der Waals surface area contributed by atoms with Crippen LogP contribution in [0, 0.1) is 35.1 Å². The summed E-state index contributed by atoms with van der Waals surface area (Å²) >= 11 is 0. The van der Waals surface area contributed by atoms with Crippen LogP contribution in [0.25, 0.3) is 0 Å². The molecule has 7 rings (SSSR count). The molecule has 0 spiro atoms. The Kier molecular flexibility index (Phi) is 17.2. The maximum Gasteiger partial charge on any atom is 0.261 e. The highest BCUT2D eigenvalue weighted by Crippen LogP contribution is 2.55. The second kappa shape index (κ2) is 22.8. The molecular weight excluding hydrogens is 935 g/mol. The number of methoxy groups -OCH3 is 2.